The number of hydrogen-bond acceptors (Lipinski definition) is 7. The van der Waals surface area contributed by atoms with Gasteiger partial charge in [0.05, 0.1) is 18.5 Å². The molecule has 56 heavy (non-hydrogen) atoms. The Morgan fingerprint density at radius 2 is 1.45 bits per heavy atom. The van der Waals surface area contributed by atoms with Crippen LogP contribution in [-0.2, 0) is 32.8 Å². The van der Waals surface area contributed by atoms with Gasteiger partial charge in [-0.3, -0.25) is 14.4 Å². The number of rotatable bonds is 8. The van der Waals surface area contributed by atoms with Crippen LogP contribution < -0.4 is 15.0 Å². The molecule has 1 aliphatic carbocycles. The van der Waals surface area contributed by atoms with E-state index in [0.717, 1.165) is 90.3 Å². The van der Waals surface area contributed by atoms with Crippen molar-refractivity contribution in [3.63, 3.8) is 0 Å². The second-order valence-electron chi connectivity index (χ2n) is 16.0. The smallest absolute Gasteiger partial charge is 0.221 e. The number of piperazine rings is 1. The number of amides is 1. The molecule has 0 atom stereocenters. The van der Waals surface area contributed by atoms with Crippen LogP contribution in [0.3, 0.4) is 0 Å². The average Bonchev–Trinajstić information content (AvgIpc) is 3.50. The molecule has 1 saturated carbocycles. The monoisotopic (exact) mass is 780 g/mol. The molecule has 1 aromatic heterocycles. The number of fused-ring (bicyclic) bond motifs is 1. The Kier molecular flexibility index (Phi) is 12.6. The van der Waals surface area contributed by atoms with Crippen molar-refractivity contribution < 1.29 is 27.5 Å². The van der Waals surface area contributed by atoms with Crippen LogP contribution in [0.15, 0.2) is 60.7 Å². The largest absolute Gasteiger partial charge is 0.489 e. The van der Waals surface area contributed by atoms with E-state index in [1.807, 2.05) is 42.5 Å². The predicted octanol–water partition coefficient (Wildman–Crippen LogP) is 8.86. The molecule has 2 bridgehead atoms. The number of anilines is 2. The van der Waals surface area contributed by atoms with Crippen LogP contribution in [0.2, 0.25) is 0 Å². The fraction of sp³-hybridized carbons (Fsp3) is 0.489. The summed E-state index contributed by atoms with van der Waals surface area (Å²) in [5.41, 5.74) is 7.56. The number of carbonyl (C=O) groups is 3. The summed E-state index contributed by atoms with van der Waals surface area (Å²) in [5.74, 6) is 1.28. The Hall–Kier alpha value is -4.48. The number of hydrogen-bond donors (Lipinski definition) is 1. The minimum Gasteiger partial charge on any atom is -0.489 e. The molecule has 10 nitrogen and oxygen atoms in total. The summed E-state index contributed by atoms with van der Waals surface area (Å²) in [6.07, 6.45) is 14.2. The van der Waals surface area contributed by atoms with Crippen LogP contribution in [0.1, 0.15) is 118 Å². The maximum absolute atomic E-state index is 13.7. The molecule has 0 radical (unpaired) electrons. The Morgan fingerprint density at radius 3 is 2.14 bits per heavy atom. The van der Waals surface area contributed by atoms with E-state index in [0.29, 0.717) is 56.4 Å². The van der Waals surface area contributed by atoms with Gasteiger partial charge in [-0.2, -0.15) is 4.31 Å². The van der Waals surface area contributed by atoms with Crippen molar-refractivity contribution in [2.45, 2.75) is 109 Å². The molecule has 3 heterocycles. The van der Waals surface area contributed by atoms with Gasteiger partial charge in [-0.25, -0.2) is 8.42 Å². The van der Waals surface area contributed by atoms with Gasteiger partial charge in [-0.1, -0.05) is 57.1 Å². The Bertz CT molecular complexity index is 2160. The predicted molar refractivity (Wildman–Crippen MR) is 223 cm³/mol. The molecule has 1 amide bonds. The van der Waals surface area contributed by atoms with Gasteiger partial charge >= 0.3 is 0 Å². The van der Waals surface area contributed by atoms with Crippen molar-refractivity contribution >= 4 is 49.8 Å². The first-order valence-electron chi connectivity index (χ1n) is 20.6. The molecule has 0 spiro atoms. The lowest BCUT2D eigenvalue weighted by Crippen LogP contribution is -2.48. The third-order valence-electron chi connectivity index (χ3n) is 11.9. The maximum atomic E-state index is 13.7. The molecule has 11 heteroatoms. The number of ether oxygens (including phenoxy) is 1. The van der Waals surface area contributed by atoms with Gasteiger partial charge < -0.3 is 19.5 Å². The molecule has 3 aliphatic rings. The van der Waals surface area contributed by atoms with E-state index in [9.17, 15) is 22.8 Å². The number of aromatic nitrogens is 1. The van der Waals surface area contributed by atoms with E-state index in [1.165, 1.54) is 42.3 Å². The van der Waals surface area contributed by atoms with E-state index in [2.05, 4.69) is 33.0 Å². The summed E-state index contributed by atoms with van der Waals surface area (Å²) < 4.78 is 34.5. The van der Waals surface area contributed by atoms with Crippen LogP contribution in [0.5, 0.6) is 5.75 Å². The molecule has 2 fully saturated rings. The van der Waals surface area contributed by atoms with Crippen LogP contribution in [0.4, 0.5) is 11.4 Å². The molecule has 7 rings (SSSR count). The van der Waals surface area contributed by atoms with Crippen molar-refractivity contribution in [1.29, 1.82) is 0 Å². The number of sulfonamides is 1. The molecule has 3 aromatic carbocycles. The van der Waals surface area contributed by atoms with Crippen molar-refractivity contribution in [1.82, 2.24) is 8.87 Å². The van der Waals surface area contributed by atoms with Crippen LogP contribution in [0.25, 0.3) is 22.2 Å². The first kappa shape index (κ1) is 39.7. The summed E-state index contributed by atoms with van der Waals surface area (Å²) >= 11 is 0. The van der Waals surface area contributed by atoms with Gasteiger partial charge in [-0.05, 0) is 91.3 Å². The molecular weight excluding hydrogens is 725 g/mol. The van der Waals surface area contributed by atoms with Crippen molar-refractivity contribution in [2.24, 2.45) is 0 Å². The Balaban J connectivity index is 1.21. The Morgan fingerprint density at radius 1 is 0.786 bits per heavy atom. The molecule has 4 aromatic rings. The van der Waals surface area contributed by atoms with Gasteiger partial charge in [0, 0.05) is 79.3 Å². The fourth-order valence-electron chi connectivity index (χ4n) is 8.97. The number of carbonyl (C=O) groups excluding carboxylic acids is 3. The lowest BCUT2D eigenvalue weighted by Gasteiger charge is -2.35. The van der Waals surface area contributed by atoms with Crippen molar-refractivity contribution in [3.05, 3.63) is 77.4 Å². The zero-order chi connectivity index (χ0) is 39.2. The second-order valence-corrected chi connectivity index (χ2v) is 18.0. The normalized spacial score (nSPS) is 18.5. The fourth-order valence-corrected chi connectivity index (χ4v) is 9.79. The van der Waals surface area contributed by atoms with Crippen LogP contribution >= 0.6 is 0 Å². The summed E-state index contributed by atoms with van der Waals surface area (Å²) in [4.78, 5) is 41.2. The Labute approximate surface area is 331 Å². The molecule has 1 N–H and O–H groups in total. The third-order valence-corrected chi connectivity index (χ3v) is 13.2. The van der Waals surface area contributed by atoms with E-state index < -0.39 is 10.0 Å². The van der Waals surface area contributed by atoms with Gasteiger partial charge in [0.2, 0.25) is 15.9 Å². The zero-order valence-corrected chi connectivity index (χ0v) is 33.8. The first-order valence-corrected chi connectivity index (χ1v) is 22.4. The minimum absolute atomic E-state index is 0.166. The summed E-state index contributed by atoms with van der Waals surface area (Å²) in [6, 6.07) is 20.1. The molecule has 1 saturated heterocycles. The van der Waals surface area contributed by atoms with Crippen molar-refractivity contribution in [3.8, 4) is 17.0 Å². The standard InChI is InChI=1S/C45H56N4O6S/c1-32(50)46-37-19-23-41(47-24-26-48(27-25-47)56(2,53)54)36(28-37)31-55-39-20-16-34(17-21-39)45-44(33-12-8-7-9-13-33)40-22-18-35-29-42(40)49(45)30-38(51)14-10-5-3-4-6-11-15-43(35)52/h16-23,28-29,33H,3-15,24-27,30-31H2,1-2H3,(H,46,50). The maximum Gasteiger partial charge on any atom is 0.221 e. The lowest BCUT2D eigenvalue weighted by molar-refractivity contribution is -0.119. The lowest BCUT2D eigenvalue weighted by atomic mass is 9.81. The highest BCUT2D eigenvalue weighted by Crippen LogP contribution is 2.45. The number of nitrogens with zero attached hydrogens (tertiary/aromatic N) is 3. The average molecular weight is 781 g/mol. The minimum atomic E-state index is -3.27. The summed E-state index contributed by atoms with van der Waals surface area (Å²) in [6.45, 7) is 3.89. The highest BCUT2D eigenvalue weighted by Gasteiger charge is 2.29. The van der Waals surface area contributed by atoms with Crippen LogP contribution in [-0.4, -0.2) is 67.2 Å². The third kappa shape index (κ3) is 9.37. The molecule has 2 aliphatic heterocycles. The summed E-state index contributed by atoms with van der Waals surface area (Å²) in [5, 5.41) is 4.02. The quantitative estimate of drug-likeness (QED) is 0.190. The number of ketones is 2. The topological polar surface area (TPSA) is 118 Å². The molecule has 0 unspecified atom stereocenters. The summed E-state index contributed by atoms with van der Waals surface area (Å²) in [7, 11) is -3.27. The zero-order valence-electron chi connectivity index (χ0n) is 33.0. The second kappa shape index (κ2) is 17.8. The van der Waals surface area contributed by atoms with E-state index in [4.69, 9.17) is 4.74 Å². The van der Waals surface area contributed by atoms with Gasteiger partial charge in [0.15, 0.2) is 11.6 Å². The number of Topliss-reactive ketones (excluding diaryl/α,β-unsaturated/α-hetero) is 2. The van der Waals surface area contributed by atoms with Gasteiger partial charge in [0.1, 0.15) is 12.4 Å². The highest BCUT2D eigenvalue weighted by atomic mass is 32.2. The molecular formula is C45H56N4O6S. The van der Waals surface area contributed by atoms with E-state index in [-0.39, 0.29) is 30.6 Å². The van der Waals surface area contributed by atoms with Gasteiger partial charge in [-0.15, -0.1) is 0 Å². The van der Waals surface area contributed by atoms with Crippen molar-refractivity contribution in [2.75, 3.05) is 42.7 Å². The SMILES string of the molecule is CC(=O)Nc1ccc(N2CCN(S(C)(=O)=O)CC2)c(COc2ccc(-c3c(C4CCCCC4)c4ccc5cc4n3CC(=O)CCCCCCCCC5=O)cc2)c1. The van der Waals surface area contributed by atoms with Crippen LogP contribution in [0, 0.1) is 0 Å². The van der Waals surface area contributed by atoms with E-state index >= 15 is 0 Å². The first-order chi connectivity index (χ1) is 27.0. The number of benzene rings is 3. The molecule has 298 valence electrons. The number of nitrogens with one attached hydrogen (secondary N) is 1. The highest BCUT2D eigenvalue weighted by molar-refractivity contribution is 7.88. The van der Waals surface area contributed by atoms with E-state index in [1.54, 1.807) is 0 Å². The van der Waals surface area contributed by atoms with Gasteiger partial charge in [0.25, 0.3) is 0 Å².